The van der Waals surface area contributed by atoms with Crippen molar-refractivity contribution < 1.29 is 9.53 Å². The molecular weight excluding hydrogens is 290 g/mol. The number of ether oxygens (including phenoxy) is 1. The van der Waals surface area contributed by atoms with Crippen molar-refractivity contribution in [3.8, 4) is 0 Å². The SMILES string of the molecule is O=C1O[C@@H]2[C@H](I)[C@H]3C[C@H]2[C@@]1(Cl)C3. The Bertz CT molecular complexity index is 270. The molecule has 2 saturated carbocycles. The summed E-state index contributed by atoms with van der Waals surface area (Å²) in [5.74, 6) is 0.754. The summed E-state index contributed by atoms with van der Waals surface area (Å²) in [6.07, 6.45) is 2.05. The van der Waals surface area contributed by atoms with E-state index in [1.165, 1.54) is 0 Å². The monoisotopic (exact) mass is 298 g/mol. The summed E-state index contributed by atoms with van der Waals surface area (Å²) in [5, 5.41) is 0. The highest BCUT2D eigenvalue weighted by Crippen LogP contribution is 2.61. The first-order valence-corrected chi connectivity index (χ1v) is 5.79. The zero-order valence-corrected chi connectivity index (χ0v) is 9.21. The van der Waals surface area contributed by atoms with Gasteiger partial charge in [0.25, 0.3) is 0 Å². The second-order valence-corrected chi connectivity index (χ2v) is 6.10. The fourth-order valence-electron chi connectivity index (χ4n) is 2.86. The van der Waals surface area contributed by atoms with E-state index < -0.39 is 4.87 Å². The third kappa shape index (κ3) is 0.672. The largest absolute Gasteiger partial charge is 0.460 e. The van der Waals surface area contributed by atoms with Crippen LogP contribution in [0.2, 0.25) is 0 Å². The lowest BCUT2D eigenvalue weighted by molar-refractivity contribution is -0.142. The van der Waals surface area contributed by atoms with Crippen molar-refractivity contribution in [2.75, 3.05) is 0 Å². The molecule has 2 aliphatic carbocycles. The maximum absolute atomic E-state index is 11.4. The number of carbonyl (C=O) groups excluding carboxylic acids is 1. The smallest absolute Gasteiger partial charge is 0.327 e. The molecule has 2 nitrogen and oxygen atoms in total. The third-order valence-electron chi connectivity index (χ3n) is 3.45. The number of hydrogen-bond acceptors (Lipinski definition) is 2. The van der Waals surface area contributed by atoms with Gasteiger partial charge in [0.05, 0.1) is 3.92 Å². The van der Waals surface area contributed by atoms with Crippen molar-refractivity contribution in [2.45, 2.75) is 27.7 Å². The summed E-state index contributed by atoms with van der Waals surface area (Å²) in [5.41, 5.74) is 0. The van der Waals surface area contributed by atoms with E-state index in [1.54, 1.807) is 0 Å². The summed E-state index contributed by atoms with van der Waals surface area (Å²) >= 11 is 8.63. The van der Waals surface area contributed by atoms with E-state index in [2.05, 4.69) is 22.6 Å². The maximum atomic E-state index is 11.4. The normalized spacial score (nSPS) is 61.0. The molecule has 3 fully saturated rings. The van der Waals surface area contributed by atoms with Crippen molar-refractivity contribution >= 4 is 40.2 Å². The Morgan fingerprint density at radius 3 is 3.00 bits per heavy atom. The molecule has 12 heavy (non-hydrogen) atoms. The molecule has 4 heteroatoms. The van der Waals surface area contributed by atoms with Crippen LogP contribution in [-0.4, -0.2) is 20.9 Å². The maximum Gasteiger partial charge on any atom is 0.327 e. The predicted octanol–water partition coefficient (Wildman–Crippen LogP) is 1.73. The molecule has 0 N–H and O–H groups in total. The summed E-state index contributed by atoms with van der Waals surface area (Å²) in [6.45, 7) is 0. The van der Waals surface area contributed by atoms with Crippen molar-refractivity contribution in [3.63, 3.8) is 0 Å². The van der Waals surface area contributed by atoms with Gasteiger partial charge in [-0.15, -0.1) is 11.6 Å². The minimum atomic E-state index is -0.628. The van der Waals surface area contributed by atoms with Gasteiger partial charge in [0, 0.05) is 5.92 Å². The lowest BCUT2D eigenvalue weighted by Gasteiger charge is -2.24. The molecule has 0 amide bonds. The molecule has 0 spiro atoms. The second-order valence-electron chi connectivity index (χ2n) is 3.98. The van der Waals surface area contributed by atoms with Crippen LogP contribution in [0.25, 0.3) is 0 Å². The standard InChI is InChI=1S/C8H8ClIO2/c9-8-2-3-1-4(8)6(5(3)10)12-7(8)11/h3-6H,1-2H2/t3-,4+,5+,6-,8-/m0/s1. The Morgan fingerprint density at radius 2 is 2.42 bits per heavy atom. The number of carbonyl (C=O) groups is 1. The number of halogens is 2. The average molecular weight is 299 g/mol. The number of rotatable bonds is 0. The van der Waals surface area contributed by atoms with Crippen LogP contribution in [-0.2, 0) is 9.53 Å². The van der Waals surface area contributed by atoms with Gasteiger partial charge in [-0.2, -0.15) is 0 Å². The molecule has 0 radical (unpaired) electrons. The second kappa shape index (κ2) is 2.11. The molecule has 3 aliphatic rings. The highest BCUT2D eigenvalue weighted by atomic mass is 127. The summed E-state index contributed by atoms with van der Waals surface area (Å²) in [7, 11) is 0. The molecule has 1 heterocycles. The number of alkyl halides is 2. The zero-order valence-electron chi connectivity index (χ0n) is 6.30. The van der Waals surface area contributed by atoms with Crippen LogP contribution in [0.1, 0.15) is 12.8 Å². The Labute approximate surface area is 89.1 Å². The van der Waals surface area contributed by atoms with Crippen LogP contribution in [0.5, 0.6) is 0 Å². The molecule has 2 bridgehead atoms. The summed E-state index contributed by atoms with van der Waals surface area (Å²) in [4.78, 5) is 10.8. The fraction of sp³-hybridized carbons (Fsp3) is 0.875. The Kier molecular flexibility index (Phi) is 1.38. The molecular formula is C8H8ClIO2. The molecule has 1 saturated heterocycles. The van der Waals surface area contributed by atoms with Gasteiger partial charge in [-0.05, 0) is 18.8 Å². The van der Waals surface area contributed by atoms with E-state index >= 15 is 0 Å². The molecule has 0 aromatic carbocycles. The van der Waals surface area contributed by atoms with Gasteiger partial charge >= 0.3 is 5.97 Å². The van der Waals surface area contributed by atoms with Crippen LogP contribution in [0.4, 0.5) is 0 Å². The van der Waals surface area contributed by atoms with Crippen LogP contribution in [0.15, 0.2) is 0 Å². The Hall–Kier alpha value is 0.490. The zero-order chi connectivity index (χ0) is 8.51. The van der Waals surface area contributed by atoms with E-state index in [-0.39, 0.29) is 12.1 Å². The molecule has 5 atom stereocenters. The lowest BCUT2D eigenvalue weighted by atomic mass is 9.89. The number of hydrogen-bond donors (Lipinski definition) is 0. The molecule has 0 aromatic heterocycles. The van der Waals surface area contributed by atoms with Gasteiger partial charge < -0.3 is 4.74 Å². The van der Waals surface area contributed by atoms with Gasteiger partial charge in [-0.25, -0.2) is 0 Å². The van der Waals surface area contributed by atoms with Gasteiger partial charge in [0.15, 0.2) is 0 Å². The van der Waals surface area contributed by atoms with E-state index in [4.69, 9.17) is 16.3 Å². The first-order chi connectivity index (χ1) is 5.63. The minimum Gasteiger partial charge on any atom is -0.460 e. The Morgan fingerprint density at radius 1 is 1.67 bits per heavy atom. The molecule has 0 unspecified atom stereocenters. The topological polar surface area (TPSA) is 26.3 Å². The third-order valence-corrected chi connectivity index (χ3v) is 5.76. The molecule has 3 rings (SSSR count). The quantitative estimate of drug-likeness (QED) is 0.387. The van der Waals surface area contributed by atoms with Gasteiger partial charge in [0.1, 0.15) is 11.0 Å². The van der Waals surface area contributed by atoms with E-state index in [9.17, 15) is 4.79 Å². The van der Waals surface area contributed by atoms with E-state index in [0.717, 1.165) is 12.8 Å². The highest BCUT2D eigenvalue weighted by Gasteiger charge is 2.69. The lowest BCUT2D eigenvalue weighted by Crippen LogP contribution is -2.36. The van der Waals surface area contributed by atoms with Gasteiger partial charge in [-0.1, -0.05) is 22.6 Å². The molecule has 66 valence electrons. The van der Waals surface area contributed by atoms with Crippen LogP contribution >= 0.6 is 34.2 Å². The van der Waals surface area contributed by atoms with Crippen molar-refractivity contribution in [1.82, 2.24) is 0 Å². The van der Waals surface area contributed by atoms with Crippen molar-refractivity contribution in [2.24, 2.45) is 11.8 Å². The van der Waals surface area contributed by atoms with Gasteiger partial charge in [-0.3, -0.25) is 4.79 Å². The van der Waals surface area contributed by atoms with E-state index in [1.807, 2.05) is 0 Å². The van der Waals surface area contributed by atoms with Crippen molar-refractivity contribution in [1.29, 1.82) is 0 Å². The van der Waals surface area contributed by atoms with Crippen LogP contribution in [0, 0.1) is 11.8 Å². The summed E-state index contributed by atoms with van der Waals surface area (Å²) < 4.78 is 5.78. The first kappa shape index (κ1) is 7.85. The predicted molar refractivity (Wildman–Crippen MR) is 52.5 cm³/mol. The van der Waals surface area contributed by atoms with Crippen LogP contribution < -0.4 is 0 Å². The minimum absolute atomic E-state index is 0.120. The Balaban J connectivity index is 2.09. The van der Waals surface area contributed by atoms with E-state index in [0.29, 0.717) is 15.8 Å². The van der Waals surface area contributed by atoms with Crippen molar-refractivity contribution in [3.05, 3.63) is 0 Å². The highest BCUT2D eigenvalue weighted by molar-refractivity contribution is 14.1. The average Bonchev–Trinajstić information content (AvgIpc) is 2.53. The number of esters is 1. The molecule has 0 aromatic rings. The van der Waals surface area contributed by atoms with Gasteiger partial charge in [0.2, 0.25) is 0 Å². The summed E-state index contributed by atoms with van der Waals surface area (Å²) in [6, 6.07) is 0. The van der Waals surface area contributed by atoms with Crippen LogP contribution in [0.3, 0.4) is 0 Å². The first-order valence-electron chi connectivity index (χ1n) is 4.17. The number of fused-ring (bicyclic) bond motifs is 1. The fourth-order valence-corrected chi connectivity index (χ4v) is 4.51. The molecule has 1 aliphatic heterocycles.